The molecule has 1 atom stereocenters. The number of carbonyl (C=O) groups is 4. The fraction of sp³-hybridized carbons (Fsp3) is 0.200. The lowest BCUT2D eigenvalue weighted by Gasteiger charge is -2.15. The molecule has 3 amide bonds. The van der Waals surface area contributed by atoms with Crippen molar-refractivity contribution in [2.45, 2.75) is 26.9 Å². The SMILES string of the molecule is CC(=O)Nc1cc(NC(C)=O)cc(C(=O)O[C@@H](C)C(=O)Nc2ccc(Cl)cc2)c1. The minimum Gasteiger partial charge on any atom is -0.449 e. The van der Waals surface area contributed by atoms with Crippen molar-refractivity contribution in [1.82, 2.24) is 0 Å². The van der Waals surface area contributed by atoms with E-state index >= 15 is 0 Å². The van der Waals surface area contributed by atoms with Gasteiger partial charge in [-0.3, -0.25) is 14.4 Å². The van der Waals surface area contributed by atoms with Crippen LogP contribution in [0.4, 0.5) is 17.1 Å². The van der Waals surface area contributed by atoms with Crippen molar-refractivity contribution in [2.75, 3.05) is 16.0 Å². The third kappa shape index (κ3) is 6.93. The third-order valence-corrected chi connectivity index (χ3v) is 3.83. The highest BCUT2D eigenvalue weighted by atomic mass is 35.5. The maximum absolute atomic E-state index is 12.5. The summed E-state index contributed by atoms with van der Waals surface area (Å²) in [5, 5.41) is 8.21. The molecule has 0 bridgehead atoms. The molecular formula is C20H20ClN3O5. The van der Waals surface area contributed by atoms with Crippen LogP contribution in [0.2, 0.25) is 5.02 Å². The molecule has 3 N–H and O–H groups in total. The van der Waals surface area contributed by atoms with Gasteiger partial charge in [-0.2, -0.15) is 0 Å². The first-order valence-corrected chi connectivity index (χ1v) is 8.99. The molecule has 9 heteroatoms. The molecule has 0 spiro atoms. The van der Waals surface area contributed by atoms with Gasteiger partial charge in [-0.05, 0) is 49.4 Å². The molecular weight excluding hydrogens is 398 g/mol. The molecule has 0 radical (unpaired) electrons. The fourth-order valence-electron chi connectivity index (χ4n) is 2.36. The molecule has 2 aromatic carbocycles. The molecule has 29 heavy (non-hydrogen) atoms. The van der Waals surface area contributed by atoms with Gasteiger partial charge >= 0.3 is 5.97 Å². The number of carbonyl (C=O) groups excluding carboxylic acids is 4. The van der Waals surface area contributed by atoms with Gasteiger partial charge in [-0.1, -0.05) is 11.6 Å². The second-order valence-electron chi connectivity index (χ2n) is 6.21. The molecule has 0 unspecified atom stereocenters. The Labute approximate surface area is 172 Å². The van der Waals surface area contributed by atoms with Gasteiger partial charge in [0.25, 0.3) is 5.91 Å². The lowest BCUT2D eigenvalue weighted by Crippen LogP contribution is -2.30. The summed E-state index contributed by atoms with van der Waals surface area (Å²) in [4.78, 5) is 47.4. The minimum absolute atomic E-state index is 0.0612. The van der Waals surface area contributed by atoms with Crippen molar-refractivity contribution in [1.29, 1.82) is 0 Å². The zero-order chi connectivity index (χ0) is 21.6. The predicted molar refractivity (Wildman–Crippen MR) is 110 cm³/mol. The summed E-state index contributed by atoms with van der Waals surface area (Å²) in [7, 11) is 0. The van der Waals surface area contributed by atoms with Crippen LogP contribution in [0.1, 0.15) is 31.1 Å². The van der Waals surface area contributed by atoms with Crippen LogP contribution >= 0.6 is 11.6 Å². The van der Waals surface area contributed by atoms with Gasteiger partial charge in [0.2, 0.25) is 11.8 Å². The molecule has 0 fully saturated rings. The summed E-state index contributed by atoms with van der Waals surface area (Å²) in [5.41, 5.74) is 1.16. The predicted octanol–water partition coefficient (Wildman–Crippen LogP) is 3.44. The molecule has 152 valence electrons. The van der Waals surface area contributed by atoms with Crippen LogP contribution in [-0.4, -0.2) is 29.8 Å². The molecule has 2 rings (SSSR count). The summed E-state index contributed by atoms with van der Waals surface area (Å²) in [5.74, 6) is -2.01. The normalized spacial score (nSPS) is 11.2. The first-order valence-electron chi connectivity index (χ1n) is 8.61. The maximum Gasteiger partial charge on any atom is 0.339 e. The number of benzene rings is 2. The van der Waals surface area contributed by atoms with Crippen LogP contribution in [0.15, 0.2) is 42.5 Å². The number of halogens is 1. The summed E-state index contributed by atoms with van der Waals surface area (Å²) in [6.45, 7) is 4.05. The van der Waals surface area contributed by atoms with E-state index in [1.807, 2.05) is 0 Å². The Morgan fingerprint density at radius 2 is 1.34 bits per heavy atom. The highest BCUT2D eigenvalue weighted by molar-refractivity contribution is 6.30. The molecule has 0 saturated carbocycles. The molecule has 2 aromatic rings. The summed E-state index contributed by atoms with van der Waals surface area (Å²) < 4.78 is 5.21. The van der Waals surface area contributed by atoms with E-state index in [1.165, 1.54) is 39.0 Å². The molecule has 0 aliphatic carbocycles. The van der Waals surface area contributed by atoms with Crippen molar-refractivity contribution in [3.8, 4) is 0 Å². The van der Waals surface area contributed by atoms with Crippen molar-refractivity contribution in [3.05, 3.63) is 53.1 Å². The molecule has 0 aromatic heterocycles. The van der Waals surface area contributed by atoms with E-state index < -0.39 is 18.0 Å². The monoisotopic (exact) mass is 417 g/mol. The third-order valence-electron chi connectivity index (χ3n) is 3.57. The van der Waals surface area contributed by atoms with E-state index in [0.29, 0.717) is 22.1 Å². The number of esters is 1. The van der Waals surface area contributed by atoms with Gasteiger partial charge in [0, 0.05) is 35.9 Å². The average molecular weight is 418 g/mol. The lowest BCUT2D eigenvalue weighted by atomic mass is 10.1. The van der Waals surface area contributed by atoms with Crippen LogP contribution in [0.25, 0.3) is 0 Å². The average Bonchev–Trinajstić information content (AvgIpc) is 2.62. The molecule has 0 aliphatic rings. The lowest BCUT2D eigenvalue weighted by molar-refractivity contribution is -0.123. The Morgan fingerprint density at radius 1 is 0.828 bits per heavy atom. The van der Waals surface area contributed by atoms with Crippen LogP contribution in [0.3, 0.4) is 0 Å². The number of hydrogen-bond acceptors (Lipinski definition) is 5. The molecule has 0 aliphatic heterocycles. The Hall–Kier alpha value is -3.39. The largest absolute Gasteiger partial charge is 0.449 e. The van der Waals surface area contributed by atoms with Gasteiger partial charge < -0.3 is 20.7 Å². The van der Waals surface area contributed by atoms with Crippen molar-refractivity contribution in [3.63, 3.8) is 0 Å². The summed E-state index contributed by atoms with van der Waals surface area (Å²) >= 11 is 5.80. The number of ether oxygens (including phenoxy) is 1. The molecule has 8 nitrogen and oxygen atoms in total. The van der Waals surface area contributed by atoms with Crippen LogP contribution < -0.4 is 16.0 Å². The molecule has 0 saturated heterocycles. The highest BCUT2D eigenvalue weighted by Gasteiger charge is 2.20. The second kappa shape index (κ2) is 9.70. The number of anilines is 3. The van der Waals surface area contributed by atoms with Crippen molar-refractivity contribution in [2.24, 2.45) is 0 Å². The number of rotatable bonds is 6. The second-order valence-corrected chi connectivity index (χ2v) is 6.64. The summed E-state index contributed by atoms with van der Waals surface area (Å²) in [6, 6.07) is 10.7. The van der Waals surface area contributed by atoms with Crippen LogP contribution in [0, 0.1) is 0 Å². The zero-order valence-corrected chi connectivity index (χ0v) is 16.8. The number of hydrogen-bond donors (Lipinski definition) is 3. The van der Waals surface area contributed by atoms with E-state index in [9.17, 15) is 19.2 Å². The van der Waals surface area contributed by atoms with E-state index in [2.05, 4.69) is 16.0 Å². The Kier molecular flexibility index (Phi) is 7.33. The number of nitrogens with one attached hydrogen (secondary N) is 3. The van der Waals surface area contributed by atoms with Crippen molar-refractivity contribution < 1.29 is 23.9 Å². The van der Waals surface area contributed by atoms with Crippen molar-refractivity contribution >= 4 is 52.4 Å². The topological polar surface area (TPSA) is 114 Å². The van der Waals surface area contributed by atoms with Gasteiger partial charge in [-0.25, -0.2) is 4.79 Å². The smallest absolute Gasteiger partial charge is 0.339 e. The van der Waals surface area contributed by atoms with Crippen LogP contribution in [-0.2, 0) is 19.1 Å². The first-order chi connectivity index (χ1) is 13.6. The van der Waals surface area contributed by atoms with E-state index in [1.54, 1.807) is 24.3 Å². The number of amides is 3. The fourth-order valence-corrected chi connectivity index (χ4v) is 2.48. The Morgan fingerprint density at radius 3 is 1.83 bits per heavy atom. The van der Waals surface area contributed by atoms with E-state index in [0.717, 1.165) is 0 Å². The quantitative estimate of drug-likeness (QED) is 0.623. The van der Waals surface area contributed by atoms with E-state index in [4.69, 9.17) is 16.3 Å². The molecule has 0 heterocycles. The van der Waals surface area contributed by atoms with Crippen LogP contribution in [0.5, 0.6) is 0 Å². The highest BCUT2D eigenvalue weighted by Crippen LogP contribution is 2.21. The Bertz CT molecular complexity index is 909. The maximum atomic E-state index is 12.5. The van der Waals surface area contributed by atoms with E-state index in [-0.39, 0.29) is 17.4 Å². The standard InChI is InChI=1S/C20H20ClN3O5/c1-11(19(27)24-16-6-4-15(21)5-7-16)29-20(28)14-8-17(22-12(2)25)10-18(9-14)23-13(3)26/h4-11H,1-3H3,(H,22,25)(H,23,26)(H,24,27)/t11-/m0/s1. The first kappa shape index (κ1) is 21.9. The van der Waals surface area contributed by atoms with Gasteiger partial charge in [0.05, 0.1) is 5.56 Å². The van der Waals surface area contributed by atoms with Gasteiger partial charge in [0.1, 0.15) is 0 Å². The van der Waals surface area contributed by atoms with Gasteiger partial charge in [-0.15, -0.1) is 0 Å². The zero-order valence-electron chi connectivity index (χ0n) is 16.0. The van der Waals surface area contributed by atoms with Gasteiger partial charge in [0.15, 0.2) is 6.10 Å². The Balaban J connectivity index is 2.12. The minimum atomic E-state index is -1.09. The summed E-state index contributed by atoms with van der Waals surface area (Å²) in [6.07, 6.45) is -1.09.